The van der Waals surface area contributed by atoms with E-state index in [0.717, 1.165) is 16.8 Å². The fourth-order valence-corrected chi connectivity index (χ4v) is 4.34. The average Bonchev–Trinajstić information content (AvgIpc) is 3.10. The summed E-state index contributed by atoms with van der Waals surface area (Å²) < 4.78 is 28.6. The average molecular weight is 358 g/mol. The van der Waals surface area contributed by atoms with Crippen LogP contribution in [0.1, 0.15) is 19.4 Å². The lowest BCUT2D eigenvalue weighted by Gasteiger charge is -2.19. The minimum atomic E-state index is -3.45. The number of fused-ring (bicyclic) bond motifs is 1. The molecule has 0 atom stereocenters. The first-order valence-corrected chi connectivity index (χ1v) is 9.75. The van der Waals surface area contributed by atoms with Gasteiger partial charge >= 0.3 is 0 Å². The molecule has 0 aliphatic rings. The van der Waals surface area contributed by atoms with E-state index >= 15 is 0 Å². The summed E-state index contributed by atoms with van der Waals surface area (Å²) in [7, 11) is -3.45. The molecule has 0 bridgehead atoms. The van der Waals surface area contributed by atoms with Gasteiger partial charge in [-0.15, -0.1) is 0 Å². The van der Waals surface area contributed by atoms with Crippen LogP contribution in [0.4, 0.5) is 5.69 Å². The molecule has 6 nitrogen and oxygen atoms in total. The van der Waals surface area contributed by atoms with Gasteiger partial charge in [0.2, 0.25) is 10.0 Å². The van der Waals surface area contributed by atoms with Crippen molar-refractivity contribution in [1.29, 1.82) is 0 Å². The van der Waals surface area contributed by atoms with E-state index in [-0.39, 0.29) is 0 Å². The van der Waals surface area contributed by atoms with Gasteiger partial charge in [-0.05, 0) is 35.9 Å². The van der Waals surface area contributed by atoms with E-state index < -0.39 is 10.0 Å². The van der Waals surface area contributed by atoms with E-state index in [1.165, 1.54) is 4.31 Å². The van der Waals surface area contributed by atoms with Crippen LogP contribution < -0.4 is 5.32 Å². The molecule has 0 amide bonds. The lowest BCUT2D eigenvalue weighted by molar-refractivity contribution is 0.445. The molecule has 3 aromatic rings. The highest BCUT2D eigenvalue weighted by Crippen LogP contribution is 2.20. The summed E-state index contributed by atoms with van der Waals surface area (Å²) in [6.07, 6.45) is 3.66. The van der Waals surface area contributed by atoms with E-state index in [4.69, 9.17) is 0 Å². The third-order valence-electron chi connectivity index (χ3n) is 4.18. The Balaban J connectivity index is 1.82. The van der Waals surface area contributed by atoms with Crippen LogP contribution in [0.15, 0.2) is 59.8 Å². The Labute approximate surface area is 148 Å². The quantitative estimate of drug-likeness (QED) is 0.705. The number of nitrogens with zero attached hydrogens (tertiary/aromatic N) is 3. The lowest BCUT2D eigenvalue weighted by atomic mass is 10.2. The molecule has 7 heteroatoms. The third kappa shape index (κ3) is 3.52. The first kappa shape index (κ1) is 17.4. The molecule has 0 fully saturated rings. The van der Waals surface area contributed by atoms with Crippen LogP contribution >= 0.6 is 0 Å². The van der Waals surface area contributed by atoms with Crippen molar-refractivity contribution in [3.63, 3.8) is 0 Å². The molecule has 3 rings (SSSR count). The van der Waals surface area contributed by atoms with E-state index in [2.05, 4.69) is 10.4 Å². The molecule has 132 valence electrons. The summed E-state index contributed by atoms with van der Waals surface area (Å²) in [5.74, 6) is 0. The number of hydrogen-bond acceptors (Lipinski definition) is 4. The molecule has 0 saturated heterocycles. The van der Waals surface area contributed by atoms with Crippen molar-refractivity contribution in [2.24, 2.45) is 0 Å². The van der Waals surface area contributed by atoms with Crippen molar-refractivity contribution in [2.45, 2.75) is 25.3 Å². The van der Waals surface area contributed by atoms with E-state index in [1.54, 1.807) is 24.4 Å². The molecular weight excluding hydrogens is 336 g/mol. The second kappa shape index (κ2) is 7.25. The lowest BCUT2D eigenvalue weighted by Crippen LogP contribution is -2.30. The van der Waals surface area contributed by atoms with E-state index in [9.17, 15) is 8.42 Å². The molecule has 2 heterocycles. The molecular formula is C18H22N4O2S. The van der Waals surface area contributed by atoms with Crippen molar-refractivity contribution < 1.29 is 8.42 Å². The predicted octanol–water partition coefficient (Wildman–Crippen LogP) is 2.98. The first-order valence-electron chi connectivity index (χ1n) is 8.31. The predicted molar refractivity (Wildman–Crippen MR) is 99.1 cm³/mol. The maximum atomic E-state index is 12.6. The number of sulfonamides is 1. The van der Waals surface area contributed by atoms with Gasteiger partial charge in [0.15, 0.2) is 0 Å². The highest BCUT2D eigenvalue weighted by atomic mass is 32.2. The van der Waals surface area contributed by atoms with Gasteiger partial charge in [0.1, 0.15) is 0 Å². The summed E-state index contributed by atoms with van der Waals surface area (Å²) in [5, 5.41) is 7.53. The zero-order valence-electron chi connectivity index (χ0n) is 14.4. The van der Waals surface area contributed by atoms with Gasteiger partial charge in [-0.2, -0.15) is 9.40 Å². The van der Waals surface area contributed by atoms with Gasteiger partial charge < -0.3 is 5.32 Å². The van der Waals surface area contributed by atoms with Gasteiger partial charge in [-0.3, -0.25) is 0 Å². The SMILES string of the molecule is CCN(CC)S(=O)(=O)c1cccc(NCc2cccn3nccc23)c1. The highest BCUT2D eigenvalue weighted by molar-refractivity contribution is 7.89. The van der Waals surface area contributed by atoms with Crippen molar-refractivity contribution in [1.82, 2.24) is 13.9 Å². The summed E-state index contributed by atoms with van der Waals surface area (Å²) in [6, 6.07) is 12.9. The van der Waals surface area contributed by atoms with Crippen LogP contribution in [-0.2, 0) is 16.6 Å². The topological polar surface area (TPSA) is 66.7 Å². The van der Waals surface area contributed by atoms with Gasteiger partial charge in [0.05, 0.1) is 10.4 Å². The maximum absolute atomic E-state index is 12.6. The molecule has 25 heavy (non-hydrogen) atoms. The molecule has 1 aromatic carbocycles. The Morgan fingerprint density at radius 3 is 2.68 bits per heavy atom. The molecule has 0 radical (unpaired) electrons. The van der Waals surface area contributed by atoms with Crippen molar-refractivity contribution in [3.8, 4) is 0 Å². The minimum Gasteiger partial charge on any atom is -0.381 e. The standard InChI is InChI=1S/C18H22N4O2S/c1-3-21(4-2)25(23,24)17-9-5-8-16(13-17)19-14-15-7-6-12-22-18(15)10-11-20-22/h5-13,19H,3-4,14H2,1-2H3. The van der Waals surface area contributed by atoms with Gasteiger partial charge in [0, 0.05) is 37.7 Å². The van der Waals surface area contributed by atoms with Crippen LogP contribution in [0.2, 0.25) is 0 Å². The summed E-state index contributed by atoms with van der Waals surface area (Å²) >= 11 is 0. The zero-order chi connectivity index (χ0) is 17.9. The Morgan fingerprint density at radius 2 is 1.92 bits per heavy atom. The number of pyridine rings is 1. The number of hydrogen-bond donors (Lipinski definition) is 1. The Morgan fingerprint density at radius 1 is 1.12 bits per heavy atom. The molecule has 0 saturated carbocycles. The molecule has 0 spiro atoms. The zero-order valence-corrected chi connectivity index (χ0v) is 15.2. The van der Waals surface area contributed by atoms with Crippen molar-refractivity contribution >= 4 is 21.2 Å². The Kier molecular flexibility index (Phi) is 5.06. The number of benzene rings is 1. The second-order valence-electron chi connectivity index (χ2n) is 5.67. The van der Waals surface area contributed by atoms with Crippen LogP contribution in [0, 0.1) is 0 Å². The summed E-state index contributed by atoms with van der Waals surface area (Å²) in [4.78, 5) is 0.309. The number of anilines is 1. The normalized spacial score (nSPS) is 12.0. The van der Waals surface area contributed by atoms with Gasteiger partial charge in [-0.1, -0.05) is 26.0 Å². The Hall–Kier alpha value is -2.38. The first-order chi connectivity index (χ1) is 12.1. The number of rotatable bonds is 7. The Bertz CT molecular complexity index is 962. The smallest absolute Gasteiger partial charge is 0.243 e. The number of nitrogens with one attached hydrogen (secondary N) is 1. The van der Waals surface area contributed by atoms with E-state index in [0.29, 0.717) is 24.5 Å². The fraction of sp³-hybridized carbons (Fsp3) is 0.278. The van der Waals surface area contributed by atoms with Gasteiger partial charge in [0.25, 0.3) is 0 Å². The van der Waals surface area contributed by atoms with Gasteiger partial charge in [-0.25, -0.2) is 12.9 Å². The van der Waals surface area contributed by atoms with Crippen LogP contribution in [0.3, 0.4) is 0 Å². The summed E-state index contributed by atoms with van der Waals surface area (Å²) in [5.41, 5.74) is 2.90. The third-order valence-corrected chi connectivity index (χ3v) is 6.23. The molecule has 0 aliphatic heterocycles. The second-order valence-corrected chi connectivity index (χ2v) is 7.60. The van der Waals surface area contributed by atoms with Crippen LogP contribution in [-0.4, -0.2) is 35.4 Å². The minimum absolute atomic E-state index is 0.309. The largest absolute Gasteiger partial charge is 0.381 e. The van der Waals surface area contributed by atoms with Crippen LogP contribution in [0.5, 0.6) is 0 Å². The monoisotopic (exact) mass is 358 g/mol. The molecule has 1 N–H and O–H groups in total. The van der Waals surface area contributed by atoms with Crippen molar-refractivity contribution in [3.05, 3.63) is 60.4 Å². The maximum Gasteiger partial charge on any atom is 0.243 e. The van der Waals surface area contributed by atoms with Crippen molar-refractivity contribution in [2.75, 3.05) is 18.4 Å². The fourth-order valence-electron chi connectivity index (χ4n) is 2.84. The molecule has 2 aromatic heterocycles. The summed E-state index contributed by atoms with van der Waals surface area (Å²) in [6.45, 7) is 5.19. The van der Waals surface area contributed by atoms with Crippen LogP contribution in [0.25, 0.3) is 5.52 Å². The highest BCUT2D eigenvalue weighted by Gasteiger charge is 2.21. The molecule has 0 unspecified atom stereocenters. The molecule has 0 aliphatic carbocycles. The number of aromatic nitrogens is 2. The van der Waals surface area contributed by atoms with E-state index in [1.807, 2.05) is 48.8 Å².